The molecule has 5 aliphatic carbocycles. The first-order valence-electron chi connectivity index (χ1n) is 29.2. The lowest BCUT2D eigenvalue weighted by atomic mass is 9.68. The van der Waals surface area contributed by atoms with Gasteiger partial charge in [-0.15, -0.1) is 0 Å². The molecule has 2 spiro atoms. The highest BCUT2D eigenvalue weighted by Gasteiger charge is 2.53. The minimum absolute atomic E-state index is 0.00899. The van der Waals surface area contributed by atoms with Gasteiger partial charge < -0.3 is 4.90 Å². The molecule has 0 saturated heterocycles. The minimum atomic E-state index is -0.520. The van der Waals surface area contributed by atoms with Gasteiger partial charge >= 0.3 is 0 Å². The minimum Gasteiger partial charge on any atom is -0.310 e. The van der Waals surface area contributed by atoms with E-state index in [4.69, 9.17) is 0 Å². The number of rotatable bonds is 5. The van der Waals surface area contributed by atoms with Crippen molar-refractivity contribution in [2.24, 2.45) is 0 Å². The Bertz CT molecular complexity index is 4090. The normalized spacial score (nSPS) is 16.2. The van der Waals surface area contributed by atoms with Crippen molar-refractivity contribution in [3.63, 3.8) is 0 Å². The third kappa shape index (κ3) is 6.75. The summed E-state index contributed by atoms with van der Waals surface area (Å²) in [6.07, 6.45) is 6.18. The first kappa shape index (κ1) is 48.2. The van der Waals surface area contributed by atoms with E-state index in [1.54, 1.807) is 0 Å². The lowest BCUT2D eigenvalue weighted by molar-refractivity contribution is 0.353. The van der Waals surface area contributed by atoms with Crippen molar-refractivity contribution in [2.45, 2.75) is 115 Å². The van der Waals surface area contributed by atoms with Gasteiger partial charge in [0.2, 0.25) is 0 Å². The van der Waals surface area contributed by atoms with Gasteiger partial charge in [0.05, 0.1) is 11.1 Å². The number of hydrogen-bond donors (Lipinski definition) is 0. The van der Waals surface area contributed by atoms with Gasteiger partial charge in [-0.05, 0) is 171 Å². The predicted octanol–water partition coefficient (Wildman–Crippen LogP) is 21.0. The van der Waals surface area contributed by atoms with E-state index in [0.717, 1.165) is 5.69 Å². The smallest absolute Gasteiger partial charge is 0.0726 e. The van der Waals surface area contributed by atoms with Gasteiger partial charge in [0.1, 0.15) is 0 Å². The Morgan fingerprint density at radius 3 is 1.46 bits per heavy atom. The third-order valence-electron chi connectivity index (χ3n) is 19.6. The quantitative estimate of drug-likeness (QED) is 0.166. The SMILES string of the molecule is CC(C)(C)c1ccc2c(c1)C1(c3cc(C(C)(C)C)ccc3-2)c2ccccc2-c2c(N(c3ccc(-c4ccccc4-c4cccc5c4C(C)(C)c4ccccc4-5)cc3)c3ccc4c(c3)C3(CCCCC3)c3ccccc3-4)cccc21. The Kier molecular flexibility index (Phi) is 10.4. The summed E-state index contributed by atoms with van der Waals surface area (Å²) < 4.78 is 0. The lowest BCUT2D eigenvalue weighted by Crippen LogP contribution is -2.28. The predicted molar refractivity (Wildman–Crippen MR) is 333 cm³/mol. The number of fused-ring (bicyclic) bond motifs is 18. The largest absolute Gasteiger partial charge is 0.310 e. The summed E-state index contributed by atoms with van der Waals surface area (Å²) in [6, 6.07) is 82.9. The fourth-order valence-electron chi connectivity index (χ4n) is 15.9. The molecule has 1 fully saturated rings. The molecule has 0 unspecified atom stereocenters. The summed E-state index contributed by atoms with van der Waals surface area (Å²) in [7, 11) is 0. The van der Waals surface area contributed by atoms with Gasteiger partial charge in [0, 0.05) is 27.8 Å². The monoisotopic (exact) mass is 1020 g/mol. The highest BCUT2D eigenvalue weighted by atomic mass is 15.1. The fraction of sp³-hybridized carbons (Fsp3) is 0.231. The van der Waals surface area contributed by atoms with Crippen LogP contribution >= 0.6 is 0 Å². The average Bonchev–Trinajstić information content (AvgIpc) is 2.02. The van der Waals surface area contributed by atoms with Gasteiger partial charge in [-0.2, -0.15) is 0 Å². The van der Waals surface area contributed by atoms with E-state index in [9.17, 15) is 0 Å². The summed E-state index contributed by atoms with van der Waals surface area (Å²) in [5.41, 5.74) is 32.8. The molecule has 1 nitrogen and oxygen atoms in total. The molecule has 10 aromatic rings. The van der Waals surface area contributed by atoms with Crippen LogP contribution in [0.5, 0.6) is 0 Å². The average molecular weight is 1020 g/mol. The Morgan fingerprint density at radius 2 is 0.810 bits per heavy atom. The highest BCUT2D eigenvalue weighted by Crippen LogP contribution is 2.66. The molecule has 10 aromatic carbocycles. The van der Waals surface area contributed by atoms with E-state index >= 15 is 0 Å². The first-order chi connectivity index (χ1) is 38.2. The molecular weight excluding hydrogens is 951 g/mol. The zero-order valence-electron chi connectivity index (χ0n) is 47.2. The zero-order chi connectivity index (χ0) is 53.8. The fourth-order valence-corrected chi connectivity index (χ4v) is 15.9. The van der Waals surface area contributed by atoms with E-state index in [1.165, 1.54) is 166 Å². The molecule has 5 aliphatic rings. The molecule has 0 N–H and O–H groups in total. The molecule has 386 valence electrons. The van der Waals surface area contributed by atoms with Crippen LogP contribution in [0.25, 0.3) is 66.8 Å². The van der Waals surface area contributed by atoms with Crippen LogP contribution in [0.1, 0.15) is 143 Å². The van der Waals surface area contributed by atoms with Gasteiger partial charge in [-0.3, -0.25) is 0 Å². The molecule has 0 amide bonds. The summed E-state index contributed by atoms with van der Waals surface area (Å²) in [4.78, 5) is 2.63. The Hall–Kier alpha value is -8.00. The summed E-state index contributed by atoms with van der Waals surface area (Å²) in [5, 5.41) is 0. The molecule has 0 bridgehead atoms. The molecule has 1 saturated carbocycles. The van der Waals surface area contributed by atoms with Crippen LogP contribution in [0.2, 0.25) is 0 Å². The second kappa shape index (κ2) is 17.0. The zero-order valence-corrected chi connectivity index (χ0v) is 47.2. The molecule has 0 aliphatic heterocycles. The number of hydrogen-bond acceptors (Lipinski definition) is 1. The van der Waals surface area contributed by atoms with E-state index in [1.807, 2.05) is 0 Å². The molecular formula is C78H69N. The third-order valence-corrected chi connectivity index (χ3v) is 19.6. The van der Waals surface area contributed by atoms with Crippen LogP contribution in [0.3, 0.4) is 0 Å². The molecule has 1 heteroatoms. The second-order valence-corrected chi connectivity index (χ2v) is 26.3. The topological polar surface area (TPSA) is 3.24 Å². The van der Waals surface area contributed by atoms with Crippen molar-refractivity contribution < 1.29 is 0 Å². The van der Waals surface area contributed by atoms with Crippen molar-refractivity contribution >= 4 is 17.1 Å². The molecule has 79 heavy (non-hydrogen) atoms. The van der Waals surface area contributed by atoms with Crippen molar-refractivity contribution in [1.82, 2.24) is 0 Å². The molecule has 15 rings (SSSR count). The van der Waals surface area contributed by atoms with Crippen LogP contribution in [-0.4, -0.2) is 0 Å². The van der Waals surface area contributed by atoms with Gasteiger partial charge in [-0.25, -0.2) is 0 Å². The van der Waals surface area contributed by atoms with Crippen molar-refractivity contribution in [1.29, 1.82) is 0 Å². The van der Waals surface area contributed by atoms with Crippen LogP contribution < -0.4 is 4.90 Å². The first-order valence-corrected chi connectivity index (χ1v) is 29.2. The highest BCUT2D eigenvalue weighted by molar-refractivity contribution is 6.02. The maximum Gasteiger partial charge on any atom is 0.0726 e. The number of anilines is 3. The molecule has 0 atom stereocenters. The standard InChI is InChI=1S/C78H69N/c1-74(2,3)50-36-41-59-60-42-37-51(75(4,5)6)47-70(60)78(69(59)46-50)66-31-17-14-26-63(66)72-67(78)32-21-33-71(72)79(53-40-43-58-56-24-13-16-30-65(56)77(68(58)48-53)44-18-9-19-45-77)52-38-34-49(35-39-52)54-22-10-11-23-55(54)61-27-20-28-62-57-25-12-15-29-64(57)76(7,8)73(61)62/h10-17,20-43,46-48H,9,18-19,44-45H2,1-8H3. The van der Waals surface area contributed by atoms with Gasteiger partial charge in [0.25, 0.3) is 0 Å². The number of nitrogens with zero attached hydrogens (tertiary/aromatic N) is 1. The van der Waals surface area contributed by atoms with E-state index in [-0.39, 0.29) is 21.7 Å². The van der Waals surface area contributed by atoms with Gasteiger partial charge in [-0.1, -0.05) is 257 Å². The van der Waals surface area contributed by atoms with E-state index in [2.05, 4.69) is 273 Å². The van der Waals surface area contributed by atoms with Crippen molar-refractivity contribution in [2.75, 3.05) is 4.90 Å². The van der Waals surface area contributed by atoms with Crippen molar-refractivity contribution in [3.05, 3.63) is 268 Å². The summed E-state index contributed by atoms with van der Waals surface area (Å²) in [6.45, 7) is 19.0. The van der Waals surface area contributed by atoms with E-state index < -0.39 is 5.41 Å². The van der Waals surface area contributed by atoms with Crippen LogP contribution in [0, 0.1) is 0 Å². The summed E-state index contributed by atoms with van der Waals surface area (Å²) >= 11 is 0. The van der Waals surface area contributed by atoms with Crippen LogP contribution in [0.4, 0.5) is 17.1 Å². The molecule has 0 radical (unpaired) electrons. The second-order valence-electron chi connectivity index (χ2n) is 26.3. The van der Waals surface area contributed by atoms with Crippen LogP contribution in [0.15, 0.2) is 212 Å². The Morgan fingerprint density at radius 1 is 0.342 bits per heavy atom. The van der Waals surface area contributed by atoms with Gasteiger partial charge in [0.15, 0.2) is 0 Å². The Balaban J connectivity index is 0.959. The van der Waals surface area contributed by atoms with Crippen LogP contribution in [-0.2, 0) is 27.1 Å². The lowest BCUT2D eigenvalue weighted by Gasteiger charge is -2.37. The maximum absolute atomic E-state index is 2.63. The summed E-state index contributed by atoms with van der Waals surface area (Å²) in [5.74, 6) is 0. The number of benzene rings is 10. The maximum atomic E-state index is 2.63. The molecule has 0 aromatic heterocycles. The van der Waals surface area contributed by atoms with E-state index in [0.29, 0.717) is 0 Å². The Labute approximate surface area is 468 Å². The molecule has 0 heterocycles. The van der Waals surface area contributed by atoms with Crippen molar-refractivity contribution in [3.8, 4) is 66.8 Å².